The fourth-order valence-corrected chi connectivity index (χ4v) is 2.35. The molecule has 0 aliphatic carbocycles. The zero-order chi connectivity index (χ0) is 13.0. The van der Waals surface area contributed by atoms with Crippen molar-refractivity contribution in [2.75, 3.05) is 6.54 Å². The molecule has 1 aromatic carbocycles. The van der Waals surface area contributed by atoms with Crippen LogP contribution in [0.2, 0.25) is 10.0 Å². The van der Waals surface area contributed by atoms with Gasteiger partial charge in [0.25, 0.3) is 0 Å². The summed E-state index contributed by atoms with van der Waals surface area (Å²) in [6, 6.07) is 5.46. The maximum absolute atomic E-state index is 10.2. The molecule has 2 nitrogen and oxygen atoms in total. The third-order valence-electron chi connectivity index (χ3n) is 3.08. The largest absolute Gasteiger partial charge is 0.392 e. The maximum atomic E-state index is 10.2. The molecule has 0 amide bonds. The monoisotopic (exact) mass is 275 g/mol. The highest BCUT2D eigenvalue weighted by atomic mass is 35.5. The standard InChI is InChI=1S/C13H19Cl2NO/c1-8(2)10(7-16)12(17)6-9-4-3-5-11(14)13(9)15/h3-5,8,10,12,17H,6-7,16H2,1-2H3. The summed E-state index contributed by atoms with van der Waals surface area (Å²) in [6.45, 7) is 4.58. The molecule has 1 aromatic rings. The number of hydrogen-bond donors (Lipinski definition) is 2. The molecule has 0 radical (unpaired) electrons. The lowest BCUT2D eigenvalue weighted by Gasteiger charge is -2.25. The fourth-order valence-electron chi connectivity index (χ4n) is 1.96. The second-order valence-corrected chi connectivity index (χ2v) is 5.41. The highest BCUT2D eigenvalue weighted by Gasteiger charge is 2.22. The first-order valence-electron chi connectivity index (χ1n) is 5.78. The van der Waals surface area contributed by atoms with Gasteiger partial charge in [0.05, 0.1) is 16.1 Å². The molecular formula is C13H19Cl2NO. The van der Waals surface area contributed by atoms with Crippen molar-refractivity contribution in [3.05, 3.63) is 33.8 Å². The normalized spacial score (nSPS) is 15.0. The van der Waals surface area contributed by atoms with Crippen LogP contribution in [-0.2, 0) is 6.42 Å². The molecule has 96 valence electrons. The Kier molecular flexibility index (Phi) is 5.74. The first-order chi connectivity index (χ1) is 7.97. The number of nitrogens with two attached hydrogens (primary N) is 1. The highest BCUT2D eigenvalue weighted by Crippen LogP contribution is 2.28. The number of hydrogen-bond acceptors (Lipinski definition) is 2. The molecular weight excluding hydrogens is 257 g/mol. The SMILES string of the molecule is CC(C)C(CN)C(O)Cc1cccc(Cl)c1Cl. The summed E-state index contributed by atoms with van der Waals surface area (Å²) in [5, 5.41) is 11.2. The number of halogens is 2. The van der Waals surface area contributed by atoms with Gasteiger partial charge in [-0.3, -0.25) is 0 Å². The van der Waals surface area contributed by atoms with Crippen molar-refractivity contribution < 1.29 is 5.11 Å². The molecule has 0 aliphatic heterocycles. The summed E-state index contributed by atoms with van der Waals surface area (Å²) in [6.07, 6.45) is -0.00429. The molecule has 0 fully saturated rings. The molecule has 0 saturated heterocycles. The van der Waals surface area contributed by atoms with Gasteiger partial charge < -0.3 is 10.8 Å². The predicted octanol–water partition coefficient (Wildman–Crippen LogP) is 3.13. The molecule has 0 aromatic heterocycles. The Morgan fingerprint density at radius 1 is 1.29 bits per heavy atom. The van der Waals surface area contributed by atoms with Crippen LogP contribution in [-0.4, -0.2) is 17.8 Å². The second kappa shape index (κ2) is 6.60. The van der Waals surface area contributed by atoms with Crippen molar-refractivity contribution >= 4 is 23.2 Å². The van der Waals surface area contributed by atoms with E-state index in [-0.39, 0.29) is 5.92 Å². The molecule has 4 heteroatoms. The van der Waals surface area contributed by atoms with Crippen LogP contribution >= 0.6 is 23.2 Å². The van der Waals surface area contributed by atoms with Crippen molar-refractivity contribution in [3.8, 4) is 0 Å². The van der Waals surface area contributed by atoms with Crippen LogP contribution in [0.4, 0.5) is 0 Å². The van der Waals surface area contributed by atoms with Gasteiger partial charge in [-0.05, 0) is 30.0 Å². The Labute approximate surface area is 113 Å². The lowest BCUT2D eigenvalue weighted by molar-refractivity contribution is 0.0864. The average molecular weight is 276 g/mol. The summed E-state index contributed by atoms with van der Waals surface area (Å²) in [7, 11) is 0. The maximum Gasteiger partial charge on any atom is 0.0625 e. The van der Waals surface area contributed by atoms with E-state index in [1.165, 1.54) is 0 Å². The zero-order valence-corrected chi connectivity index (χ0v) is 11.7. The van der Waals surface area contributed by atoms with Gasteiger partial charge in [-0.2, -0.15) is 0 Å². The molecule has 2 atom stereocenters. The molecule has 0 saturated carbocycles. The minimum absolute atomic E-state index is 0.0741. The van der Waals surface area contributed by atoms with Crippen molar-refractivity contribution in [1.29, 1.82) is 0 Å². The van der Waals surface area contributed by atoms with Crippen LogP contribution in [0.15, 0.2) is 18.2 Å². The average Bonchev–Trinajstić information content (AvgIpc) is 2.25. The molecule has 2 unspecified atom stereocenters. The first kappa shape index (κ1) is 14.8. The van der Waals surface area contributed by atoms with E-state index in [4.69, 9.17) is 28.9 Å². The molecule has 17 heavy (non-hydrogen) atoms. The minimum Gasteiger partial charge on any atom is -0.392 e. The number of aliphatic hydroxyl groups is 1. The predicted molar refractivity (Wildman–Crippen MR) is 73.6 cm³/mol. The van der Waals surface area contributed by atoms with E-state index in [2.05, 4.69) is 13.8 Å². The van der Waals surface area contributed by atoms with Gasteiger partial charge in [-0.25, -0.2) is 0 Å². The Morgan fingerprint density at radius 2 is 1.94 bits per heavy atom. The molecule has 3 N–H and O–H groups in total. The second-order valence-electron chi connectivity index (χ2n) is 4.63. The van der Waals surface area contributed by atoms with Crippen molar-refractivity contribution in [2.24, 2.45) is 17.6 Å². The third-order valence-corrected chi connectivity index (χ3v) is 3.94. The van der Waals surface area contributed by atoms with E-state index in [1.54, 1.807) is 6.07 Å². The summed E-state index contributed by atoms with van der Waals surface area (Å²) >= 11 is 12.0. The van der Waals surface area contributed by atoms with Gasteiger partial charge in [0.2, 0.25) is 0 Å². The van der Waals surface area contributed by atoms with Crippen LogP contribution in [0.3, 0.4) is 0 Å². The molecule has 0 spiro atoms. The van der Waals surface area contributed by atoms with Gasteiger partial charge in [-0.15, -0.1) is 0 Å². The molecule has 0 aliphatic rings. The number of aliphatic hydroxyl groups excluding tert-OH is 1. The Hall–Kier alpha value is -0.280. The summed E-state index contributed by atoms with van der Waals surface area (Å²) in [4.78, 5) is 0. The van der Waals surface area contributed by atoms with E-state index in [1.807, 2.05) is 12.1 Å². The Balaban J connectivity index is 2.80. The van der Waals surface area contributed by atoms with Gasteiger partial charge in [0.1, 0.15) is 0 Å². The summed E-state index contributed by atoms with van der Waals surface area (Å²) in [5.41, 5.74) is 6.54. The van der Waals surface area contributed by atoms with Gasteiger partial charge in [0.15, 0.2) is 0 Å². The summed E-state index contributed by atoms with van der Waals surface area (Å²) < 4.78 is 0. The minimum atomic E-state index is -0.490. The van der Waals surface area contributed by atoms with E-state index in [9.17, 15) is 5.11 Å². The lowest BCUT2D eigenvalue weighted by Crippen LogP contribution is -2.33. The Bertz CT molecular complexity index is 368. The fraction of sp³-hybridized carbons (Fsp3) is 0.538. The molecule has 1 rings (SSSR count). The van der Waals surface area contributed by atoms with Crippen molar-refractivity contribution in [3.63, 3.8) is 0 Å². The van der Waals surface area contributed by atoms with Crippen LogP contribution in [0.25, 0.3) is 0 Å². The number of rotatable bonds is 5. The quantitative estimate of drug-likeness (QED) is 0.868. The van der Waals surface area contributed by atoms with Gasteiger partial charge in [0, 0.05) is 6.42 Å². The first-order valence-corrected chi connectivity index (χ1v) is 6.54. The summed E-state index contributed by atoms with van der Waals surface area (Å²) in [5.74, 6) is 0.415. The molecule has 0 bridgehead atoms. The van der Waals surface area contributed by atoms with E-state index >= 15 is 0 Å². The molecule has 0 heterocycles. The smallest absolute Gasteiger partial charge is 0.0625 e. The Morgan fingerprint density at radius 3 is 2.47 bits per heavy atom. The zero-order valence-electron chi connectivity index (χ0n) is 10.2. The van der Waals surface area contributed by atoms with Crippen molar-refractivity contribution in [1.82, 2.24) is 0 Å². The van der Waals surface area contributed by atoms with E-state index < -0.39 is 6.10 Å². The van der Waals surface area contributed by atoms with E-state index in [0.717, 1.165) is 5.56 Å². The van der Waals surface area contributed by atoms with Crippen LogP contribution < -0.4 is 5.73 Å². The number of benzene rings is 1. The lowest BCUT2D eigenvalue weighted by atomic mass is 9.87. The van der Waals surface area contributed by atoms with Gasteiger partial charge >= 0.3 is 0 Å². The van der Waals surface area contributed by atoms with Crippen LogP contribution in [0, 0.1) is 11.8 Å². The topological polar surface area (TPSA) is 46.2 Å². The van der Waals surface area contributed by atoms with Crippen LogP contribution in [0.1, 0.15) is 19.4 Å². The highest BCUT2D eigenvalue weighted by molar-refractivity contribution is 6.42. The van der Waals surface area contributed by atoms with E-state index in [0.29, 0.717) is 28.9 Å². The van der Waals surface area contributed by atoms with Crippen molar-refractivity contribution in [2.45, 2.75) is 26.4 Å². The van der Waals surface area contributed by atoms with Crippen LogP contribution in [0.5, 0.6) is 0 Å². The third kappa shape index (κ3) is 3.85. The van der Waals surface area contributed by atoms with Gasteiger partial charge in [-0.1, -0.05) is 49.2 Å².